The number of hydrogen-bond donors (Lipinski definition) is 1. The number of ketones is 1. The third kappa shape index (κ3) is 7.58. The lowest BCUT2D eigenvalue weighted by Gasteiger charge is -2.06. The zero-order chi connectivity index (χ0) is 17.8. The summed E-state index contributed by atoms with van der Waals surface area (Å²) in [5, 5.41) is 2.49. The third-order valence-corrected chi connectivity index (χ3v) is 3.01. The Hall–Kier alpha value is -2.63. The summed E-state index contributed by atoms with van der Waals surface area (Å²) in [6.45, 7) is 6.05. The van der Waals surface area contributed by atoms with E-state index in [1.54, 1.807) is 24.3 Å². The van der Waals surface area contributed by atoms with Crippen molar-refractivity contribution in [3.05, 3.63) is 42.5 Å². The Morgan fingerprint density at radius 1 is 1.17 bits per heavy atom. The maximum absolute atomic E-state index is 12.0. The number of carbonyl (C=O) groups is 3. The number of benzene rings is 1. The highest BCUT2D eigenvalue weighted by Crippen LogP contribution is 2.14. The van der Waals surface area contributed by atoms with Crippen LogP contribution in [0.25, 0.3) is 0 Å². The van der Waals surface area contributed by atoms with E-state index in [2.05, 4.69) is 11.9 Å². The van der Waals surface area contributed by atoms with Gasteiger partial charge in [-0.25, -0.2) is 0 Å². The van der Waals surface area contributed by atoms with Crippen LogP contribution < -0.4 is 10.1 Å². The van der Waals surface area contributed by atoms with Gasteiger partial charge < -0.3 is 14.8 Å². The van der Waals surface area contributed by atoms with Gasteiger partial charge in [0.1, 0.15) is 5.75 Å². The SMILES string of the molecule is C=CCNC(=O)COC(=O)CCC(=O)c1ccc(OCCC)cc1. The number of hydrogen-bond acceptors (Lipinski definition) is 5. The molecule has 6 heteroatoms. The second-order valence-corrected chi connectivity index (χ2v) is 5.05. The van der Waals surface area contributed by atoms with Crippen LogP contribution in [0.4, 0.5) is 0 Å². The van der Waals surface area contributed by atoms with Crippen LogP contribution in [-0.2, 0) is 14.3 Å². The van der Waals surface area contributed by atoms with Crippen molar-refractivity contribution in [1.29, 1.82) is 0 Å². The molecular formula is C18H23NO5. The second kappa shape index (κ2) is 11.0. The maximum Gasteiger partial charge on any atom is 0.306 e. The average Bonchev–Trinajstić information content (AvgIpc) is 2.61. The molecule has 130 valence electrons. The summed E-state index contributed by atoms with van der Waals surface area (Å²) in [6, 6.07) is 6.79. The molecule has 0 atom stereocenters. The number of Topliss-reactive ketones (excluding diaryl/α,β-unsaturated/α-hetero) is 1. The normalized spacial score (nSPS) is 9.88. The van der Waals surface area contributed by atoms with E-state index in [0.717, 1.165) is 6.42 Å². The van der Waals surface area contributed by atoms with Gasteiger partial charge in [-0.2, -0.15) is 0 Å². The van der Waals surface area contributed by atoms with Crippen molar-refractivity contribution in [3.63, 3.8) is 0 Å². The molecule has 0 aliphatic rings. The molecule has 24 heavy (non-hydrogen) atoms. The van der Waals surface area contributed by atoms with E-state index in [0.29, 0.717) is 24.5 Å². The smallest absolute Gasteiger partial charge is 0.306 e. The molecule has 0 aliphatic heterocycles. The van der Waals surface area contributed by atoms with Gasteiger partial charge in [0.05, 0.1) is 13.0 Å². The first-order chi connectivity index (χ1) is 11.6. The van der Waals surface area contributed by atoms with Crippen LogP contribution in [0.2, 0.25) is 0 Å². The highest BCUT2D eigenvalue weighted by atomic mass is 16.5. The highest BCUT2D eigenvalue weighted by Gasteiger charge is 2.12. The summed E-state index contributed by atoms with van der Waals surface area (Å²) in [7, 11) is 0. The summed E-state index contributed by atoms with van der Waals surface area (Å²) in [5.74, 6) is -0.444. The fourth-order valence-corrected chi connectivity index (χ4v) is 1.77. The average molecular weight is 333 g/mol. The minimum atomic E-state index is -0.583. The molecule has 0 bridgehead atoms. The first-order valence-electron chi connectivity index (χ1n) is 7.86. The van der Waals surface area contributed by atoms with E-state index in [-0.39, 0.29) is 25.2 Å². The summed E-state index contributed by atoms with van der Waals surface area (Å²) < 4.78 is 10.2. The molecule has 0 unspecified atom stereocenters. The topological polar surface area (TPSA) is 81.7 Å². The van der Waals surface area contributed by atoms with Crippen molar-refractivity contribution in [1.82, 2.24) is 5.32 Å². The monoisotopic (exact) mass is 333 g/mol. The molecule has 1 N–H and O–H groups in total. The second-order valence-electron chi connectivity index (χ2n) is 5.05. The van der Waals surface area contributed by atoms with Crippen molar-refractivity contribution in [2.75, 3.05) is 19.8 Å². The molecule has 1 aromatic rings. The molecule has 1 amide bonds. The van der Waals surface area contributed by atoms with E-state index >= 15 is 0 Å². The van der Waals surface area contributed by atoms with Gasteiger partial charge in [-0.1, -0.05) is 13.0 Å². The van der Waals surface area contributed by atoms with Crippen LogP contribution in [0.5, 0.6) is 5.75 Å². The quantitative estimate of drug-likeness (QED) is 0.382. The molecule has 0 spiro atoms. The zero-order valence-electron chi connectivity index (χ0n) is 13.9. The Bertz CT molecular complexity index is 565. The highest BCUT2D eigenvalue weighted by molar-refractivity contribution is 5.97. The Morgan fingerprint density at radius 2 is 1.88 bits per heavy atom. The minimum absolute atomic E-state index is 0.0300. The largest absolute Gasteiger partial charge is 0.494 e. The zero-order valence-corrected chi connectivity index (χ0v) is 13.9. The fraction of sp³-hybridized carbons (Fsp3) is 0.389. The van der Waals surface area contributed by atoms with Gasteiger partial charge in [0.25, 0.3) is 5.91 Å². The van der Waals surface area contributed by atoms with Crippen molar-refractivity contribution in [2.45, 2.75) is 26.2 Å². The molecule has 1 rings (SSSR count). The van der Waals surface area contributed by atoms with Crippen molar-refractivity contribution in [3.8, 4) is 5.75 Å². The molecule has 0 saturated heterocycles. The van der Waals surface area contributed by atoms with E-state index in [9.17, 15) is 14.4 Å². The van der Waals surface area contributed by atoms with Crippen LogP contribution in [0.15, 0.2) is 36.9 Å². The van der Waals surface area contributed by atoms with Crippen LogP contribution in [-0.4, -0.2) is 37.4 Å². The van der Waals surface area contributed by atoms with E-state index in [1.165, 1.54) is 6.08 Å². The van der Waals surface area contributed by atoms with Gasteiger partial charge in [0.2, 0.25) is 0 Å². The molecule has 0 aliphatic carbocycles. The van der Waals surface area contributed by atoms with Gasteiger partial charge in [-0.15, -0.1) is 6.58 Å². The fourth-order valence-electron chi connectivity index (χ4n) is 1.77. The molecule has 0 heterocycles. The van der Waals surface area contributed by atoms with Crippen LogP contribution in [0.3, 0.4) is 0 Å². The van der Waals surface area contributed by atoms with Gasteiger partial charge in [0.15, 0.2) is 12.4 Å². The molecule has 6 nitrogen and oxygen atoms in total. The molecule has 0 fully saturated rings. The minimum Gasteiger partial charge on any atom is -0.494 e. The third-order valence-electron chi connectivity index (χ3n) is 3.01. The molecule has 1 aromatic carbocycles. The summed E-state index contributed by atoms with van der Waals surface area (Å²) in [5.41, 5.74) is 0.510. The van der Waals surface area contributed by atoms with Crippen LogP contribution >= 0.6 is 0 Å². The Kier molecular flexibility index (Phi) is 8.89. The van der Waals surface area contributed by atoms with Gasteiger partial charge >= 0.3 is 5.97 Å². The first-order valence-corrected chi connectivity index (χ1v) is 7.86. The lowest BCUT2D eigenvalue weighted by molar-refractivity contribution is -0.148. The van der Waals surface area contributed by atoms with E-state index in [1.807, 2.05) is 6.92 Å². The lowest BCUT2D eigenvalue weighted by atomic mass is 10.1. The Balaban J connectivity index is 2.33. The van der Waals surface area contributed by atoms with Crippen LogP contribution in [0.1, 0.15) is 36.5 Å². The maximum atomic E-state index is 12.0. The number of nitrogens with one attached hydrogen (secondary N) is 1. The summed E-state index contributed by atoms with van der Waals surface area (Å²) in [4.78, 5) is 34.8. The number of esters is 1. The lowest BCUT2D eigenvalue weighted by Crippen LogP contribution is -2.28. The molecule has 0 saturated carbocycles. The predicted molar refractivity (Wildman–Crippen MR) is 90.0 cm³/mol. The summed E-state index contributed by atoms with van der Waals surface area (Å²) in [6.07, 6.45) is 2.40. The van der Waals surface area contributed by atoms with Crippen molar-refractivity contribution in [2.24, 2.45) is 0 Å². The predicted octanol–water partition coefficient (Wildman–Crippen LogP) is 2.28. The Morgan fingerprint density at radius 3 is 2.50 bits per heavy atom. The molecule has 0 aromatic heterocycles. The Labute approximate surface area is 141 Å². The number of amides is 1. The van der Waals surface area contributed by atoms with E-state index in [4.69, 9.17) is 9.47 Å². The van der Waals surface area contributed by atoms with Crippen molar-refractivity contribution < 1.29 is 23.9 Å². The van der Waals surface area contributed by atoms with Gasteiger partial charge in [0, 0.05) is 18.5 Å². The van der Waals surface area contributed by atoms with Crippen LogP contribution in [0, 0.1) is 0 Å². The standard InChI is InChI=1S/C18H23NO5/c1-3-11-19-17(21)13-24-18(22)10-9-16(20)14-5-7-15(8-6-14)23-12-4-2/h3,5-8H,1,4,9-13H2,2H3,(H,19,21). The number of ether oxygens (including phenoxy) is 2. The number of rotatable bonds is 11. The van der Waals surface area contributed by atoms with Gasteiger partial charge in [-0.3, -0.25) is 14.4 Å². The first kappa shape index (κ1) is 19.4. The van der Waals surface area contributed by atoms with Crippen molar-refractivity contribution >= 4 is 17.7 Å². The molecule has 0 radical (unpaired) electrons. The molecular weight excluding hydrogens is 310 g/mol. The van der Waals surface area contributed by atoms with E-state index < -0.39 is 11.9 Å². The van der Waals surface area contributed by atoms with Gasteiger partial charge in [-0.05, 0) is 30.7 Å². The number of carbonyl (C=O) groups excluding carboxylic acids is 3. The summed E-state index contributed by atoms with van der Waals surface area (Å²) >= 11 is 0.